The summed E-state index contributed by atoms with van der Waals surface area (Å²) in [5.41, 5.74) is 9.68. The van der Waals surface area contributed by atoms with Gasteiger partial charge in [-0.05, 0) is 55.7 Å². The van der Waals surface area contributed by atoms with Gasteiger partial charge in [-0.15, -0.1) is 0 Å². The molecule has 0 atom stereocenters. The van der Waals surface area contributed by atoms with Crippen molar-refractivity contribution in [2.24, 2.45) is 7.05 Å². The second-order valence-corrected chi connectivity index (χ2v) is 8.81. The smallest absolute Gasteiger partial charge is 0.119 e. The van der Waals surface area contributed by atoms with E-state index in [2.05, 4.69) is 85.4 Å². The van der Waals surface area contributed by atoms with Crippen LogP contribution in [0.2, 0.25) is 0 Å². The number of pyridine rings is 1. The number of fused-ring (bicyclic) bond motifs is 1. The highest BCUT2D eigenvalue weighted by Gasteiger charge is 2.21. The molecule has 2 aromatic carbocycles. The number of aryl methyl sites for hydroxylation is 3. The van der Waals surface area contributed by atoms with Gasteiger partial charge in [0.25, 0.3) is 0 Å². The Bertz CT molecular complexity index is 1420. The number of anilines is 1. The van der Waals surface area contributed by atoms with Crippen LogP contribution in [0.15, 0.2) is 73.1 Å². The Balaban J connectivity index is 1.62. The quantitative estimate of drug-likeness (QED) is 0.312. The maximum atomic E-state index is 4.97. The van der Waals surface area contributed by atoms with Gasteiger partial charge in [-0.1, -0.05) is 43.3 Å². The third kappa shape index (κ3) is 4.07. The molecule has 5 rings (SSSR count). The van der Waals surface area contributed by atoms with Crippen molar-refractivity contribution in [3.63, 3.8) is 0 Å². The summed E-state index contributed by atoms with van der Waals surface area (Å²) in [6.45, 7) is 8.23. The predicted octanol–water partition coefficient (Wildman–Crippen LogP) is 5.85. The fraction of sp³-hybridized carbons (Fsp3) is 0.250. The molecule has 0 aliphatic rings. The van der Waals surface area contributed by atoms with Crippen LogP contribution in [0, 0.1) is 13.8 Å². The summed E-state index contributed by atoms with van der Waals surface area (Å²) < 4.78 is 3.86. The first-order valence-electron chi connectivity index (χ1n) is 11.8. The third-order valence-corrected chi connectivity index (χ3v) is 6.18. The Morgan fingerprint density at radius 1 is 0.971 bits per heavy atom. The van der Waals surface area contributed by atoms with Gasteiger partial charge in [-0.3, -0.25) is 4.68 Å². The molecule has 0 fully saturated rings. The maximum absolute atomic E-state index is 4.97. The fourth-order valence-corrected chi connectivity index (χ4v) is 4.64. The SMILES string of the molecule is CCCN(Cc1ccccc1)c1cc(C)nc2c(-c3ccc(-n4cccn4)cc3C)nn(C)c12. The van der Waals surface area contributed by atoms with Crippen LogP contribution in [0.4, 0.5) is 5.69 Å². The predicted molar refractivity (Wildman–Crippen MR) is 138 cm³/mol. The van der Waals surface area contributed by atoms with Crippen molar-refractivity contribution in [1.82, 2.24) is 24.5 Å². The van der Waals surface area contributed by atoms with E-state index >= 15 is 0 Å². The number of hydrogen-bond acceptors (Lipinski definition) is 4. The van der Waals surface area contributed by atoms with Crippen molar-refractivity contribution < 1.29 is 0 Å². The van der Waals surface area contributed by atoms with Crippen LogP contribution < -0.4 is 4.90 Å². The molecule has 0 saturated carbocycles. The van der Waals surface area contributed by atoms with E-state index in [1.807, 2.05) is 28.7 Å². The monoisotopic (exact) mass is 450 g/mol. The van der Waals surface area contributed by atoms with Gasteiger partial charge in [0.2, 0.25) is 0 Å². The van der Waals surface area contributed by atoms with E-state index in [0.717, 1.165) is 58.7 Å². The molecule has 0 bridgehead atoms. The lowest BCUT2D eigenvalue weighted by molar-refractivity contribution is 0.756. The summed E-state index contributed by atoms with van der Waals surface area (Å²) in [4.78, 5) is 7.42. The molecule has 0 unspecified atom stereocenters. The van der Waals surface area contributed by atoms with E-state index in [1.165, 1.54) is 11.3 Å². The Kier molecular flexibility index (Phi) is 5.88. The molecule has 0 aliphatic carbocycles. The molecular weight excluding hydrogens is 420 g/mol. The van der Waals surface area contributed by atoms with Gasteiger partial charge in [0.15, 0.2) is 0 Å². The van der Waals surface area contributed by atoms with E-state index in [-0.39, 0.29) is 0 Å². The molecule has 3 aromatic heterocycles. The van der Waals surface area contributed by atoms with Crippen molar-refractivity contribution in [3.05, 3.63) is 89.9 Å². The Hall–Kier alpha value is -3.93. The highest BCUT2D eigenvalue weighted by Crippen LogP contribution is 2.35. The Labute approximate surface area is 200 Å². The van der Waals surface area contributed by atoms with Gasteiger partial charge in [0.1, 0.15) is 16.7 Å². The number of nitrogens with zero attached hydrogens (tertiary/aromatic N) is 6. The van der Waals surface area contributed by atoms with Gasteiger partial charge in [0.05, 0.1) is 11.4 Å². The second kappa shape index (κ2) is 9.14. The Morgan fingerprint density at radius 2 is 1.79 bits per heavy atom. The highest BCUT2D eigenvalue weighted by atomic mass is 15.3. The van der Waals surface area contributed by atoms with Gasteiger partial charge in [-0.2, -0.15) is 10.2 Å². The number of hydrogen-bond donors (Lipinski definition) is 0. The molecule has 0 N–H and O–H groups in total. The van der Waals surface area contributed by atoms with E-state index in [1.54, 1.807) is 6.20 Å². The molecular formula is C28H30N6. The molecule has 172 valence electrons. The fourth-order valence-electron chi connectivity index (χ4n) is 4.64. The molecule has 5 aromatic rings. The van der Waals surface area contributed by atoms with E-state index < -0.39 is 0 Å². The summed E-state index contributed by atoms with van der Waals surface area (Å²) >= 11 is 0. The minimum absolute atomic E-state index is 0.853. The molecule has 34 heavy (non-hydrogen) atoms. The minimum atomic E-state index is 0.853. The van der Waals surface area contributed by atoms with Gasteiger partial charge in [0, 0.05) is 43.8 Å². The number of benzene rings is 2. The first kappa shape index (κ1) is 21.9. The van der Waals surface area contributed by atoms with Crippen LogP contribution in [-0.4, -0.2) is 31.1 Å². The first-order valence-corrected chi connectivity index (χ1v) is 11.8. The normalized spacial score (nSPS) is 11.3. The summed E-state index contributed by atoms with van der Waals surface area (Å²) in [7, 11) is 2.02. The standard InChI is InChI=1S/C28H30N6/c1-5-15-33(19-22-10-7-6-8-11-22)25-18-21(3)30-27-26(31-32(4)28(25)27)24-13-12-23(17-20(24)2)34-16-9-14-29-34/h6-14,16-18H,5,15,19H2,1-4H3. The molecule has 0 saturated heterocycles. The summed E-state index contributed by atoms with van der Waals surface area (Å²) in [5.74, 6) is 0. The van der Waals surface area contributed by atoms with Crippen LogP contribution in [0.1, 0.15) is 30.2 Å². The lowest BCUT2D eigenvalue weighted by Crippen LogP contribution is -2.24. The average Bonchev–Trinajstić information content (AvgIpc) is 3.48. The first-order chi connectivity index (χ1) is 16.5. The highest BCUT2D eigenvalue weighted by molar-refractivity contribution is 5.98. The molecule has 0 radical (unpaired) electrons. The van der Waals surface area contributed by atoms with Crippen LogP contribution >= 0.6 is 0 Å². The minimum Gasteiger partial charge on any atom is -0.365 e. The van der Waals surface area contributed by atoms with Crippen molar-refractivity contribution in [2.45, 2.75) is 33.7 Å². The Morgan fingerprint density at radius 3 is 2.50 bits per heavy atom. The van der Waals surface area contributed by atoms with E-state index in [0.29, 0.717) is 0 Å². The lowest BCUT2D eigenvalue weighted by atomic mass is 10.0. The molecule has 6 heteroatoms. The molecule has 0 spiro atoms. The third-order valence-electron chi connectivity index (χ3n) is 6.18. The van der Waals surface area contributed by atoms with Gasteiger partial charge < -0.3 is 4.90 Å². The van der Waals surface area contributed by atoms with Gasteiger partial charge in [-0.25, -0.2) is 9.67 Å². The van der Waals surface area contributed by atoms with E-state index in [4.69, 9.17) is 10.1 Å². The van der Waals surface area contributed by atoms with E-state index in [9.17, 15) is 0 Å². The number of rotatable bonds is 7. The van der Waals surface area contributed by atoms with Crippen LogP contribution in [0.3, 0.4) is 0 Å². The van der Waals surface area contributed by atoms with Crippen LogP contribution in [0.5, 0.6) is 0 Å². The largest absolute Gasteiger partial charge is 0.365 e. The zero-order valence-corrected chi connectivity index (χ0v) is 20.2. The summed E-state index contributed by atoms with van der Waals surface area (Å²) in [6, 6.07) is 21.1. The molecule has 6 nitrogen and oxygen atoms in total. The number of aromatic nitrogens is 5. The van der Waals surface area contributed by atoms with Crippen LogP contribution in [0.25, 0.3) is 28.0 Å². The summed E-state index contributed by atoms with van der Waals surface area (Å²) in [6.07, 6.45) is 4.81. The molecule has 0 aliphatic heterocycles. The van der Waals surface area contributed by atoms with Crippen molar-refractivity contribution in [3.8, 4) is 16.9 Å². The van der Waals surface area contributed by atoms with Crippen molar-refractivity contribution in [1.29, 1.82) is 0 Å². The lowest BCUT2D eigenvalue weighted by Gasteiger charge is -2.26. The van der Waals surface area contributed by atoms with Crippen molar-refractivity contribution >= 4 is 16.7 Å². The molecule has 0 amide bonds. The molecule has 3 heterocycles. The zero-order chi connectivity index (χ0) is 23.7. The average molecular weight is 451 g/mol. The van der Waals surface area contributed by atoms with Crippen LogP contribution in [-0.2, 0) is 13.6 Å². The summed E-state index contributed by atoms with van der Waals surface area (Å²) in [5, 5.41) is 9.33. The van der Waals surface area contributed by atoms with Gasteiger partial charge >= 0.3 is 0 Å². The maximum Gasteiger partial charge on any atom is 0.119 e. The second-order valence-electron chi connectivity index (χ2n) is 8.81. The zero-order valence-electron chi connectivity index (χ0n) is 20.2. The van der Waals surface area contributed by atoms with Crippen molar-refractivity contribution in [2.75, 3.05) is 11.4 Å². The topological polar surface area (TPSA) is 51.8 Å².